The molecule has 2 aromatic rings. The van der Waals surface area contributed by atoms with Crippen LogP contribution in [0.2, 0.25) is 0 Å². The van der Waals surface area contributed by atoms with Crippen LogP contribution in [-0.4, -0.2) is 18.5 Å². The molecule has 0 aliphatic carbocycles. The van der Waals surface area contributed by atoms with E-state index in [1.165, 1.54) is 12.1 Å². The standard InChI is InChI=1S/C14H16N2O3S/c1-11-2-3-13(8-15-11)9-16-20(18,19)14-6-4-12(10-17)5-7-14/h2-8,16-17H,9-10H2,1H3. The maximum absolute atomic E-state index is 12.1. The number of hydrogen-bond donors (Lipinski definition) is 2. The zero-order valence-electron chi connectivity index (χ0n) is 11.1. The lowest BCUT2D eigenvalue weighted by atomic mass is 10.2. The van der Waals surface area contributed by atoms with Crippen molar-refractivity contribution in [3.05, 3.63) is 59.4 Å². The molecule has 0 saturated carbocycles. The summed E-state index contributed by atoms with van der Waals surface area (Å²) in [7, 11) is -3.55. The van der Waals surface area contributed by atoms with Gasteiger partial charge in [-0.3, -0.25) is 4.98 Å². The monoisotopic (exact) mass is 292 g/mol. The van der Waals surface area contributed by atoms with Crippen molar-refractivity contribution in [1.29, 1.82) is 0 Å². The molecule has 2 rings (SSSR count). The third kappa shape index (κ3) is 3.63. The third-order valence-corrected chi connectivity index (χ3v) is 4.27. The molecule has 1 aromatic heterocycles. The maximum atomic E-state index is 12.1. The number of hydrogen-bond acceptors (Lipinski definition) is 4. The van der Waals surface area contributed by atoms with Crippen LogP contribution >= 0.6 is 0 Å². The Labute approximate surface area is 118 Å². The molecule has 0 amide bonds. The fourth-order valence-electron chi connectivity index (χ4n) is 1.64. The molecule has 0 aliphatic heterocycles. The minimum absolute atomic E-state index is 0.108. The number of sulfonamides is 1. The van der Waals surface area contributed by atoms with Crippen LogP contribution in [0.15, 0.2) is 47.5 Å². The van der Waals surface area contributed by atoms with Gasteiger partial charge in [0.2, 0.25) is 10.0 Å². The van der Waals surface area contributed by atoms with E-state index < -0.39 is 10.0 Å². The first kappa shape index (κ1) is 14.6. The van der Waals surface area contributed by atoms with E-state index in [2.05, 4.69) is 9.71 Å². The molecule has 0 atom stereocenters. The van der Waals surface area contributed by atoms with Crippen molar-refractivity contribution in [1.82, 2.24) is 9.71 Å². The highest BCUT2D eigenvalue weighted by Crippen LogP contribution is 2.11. The van der Waals surface area contributed by atoms with Crippen LogP contribution in [0.1, 0.15) is 16.8 Å². The highest BCUT2D eigenvalue weighted by Gasteiger charge is 2.13. The molecule has 106 valence electrons. The molecule has 0 aliphatic rings. The summed E-state index contributed by atoms with van der Waals surface area (Å²) >= 11 is 0. The predicted octanol–water partition coefficient (Wildman–Crippen LogP) is 1.36. The molecule has 0 radical (unpaired) electrons. The first-order chi connectivity index (χ1) is 9.51. The van der Waals surface area contributed by atoms with Gasteiger partial charge >= 0.3 is 0 Å². The van der Waals surface area contributed by atoms with Crippen LogP contribution in [-0.2, 0) is 23.2 Å². The Balaban J connectivity index is 2.08. The fraction of sp³-hybridized carbons (Fsp3) is 0.214. The van der Waals surface area contributed by atoms with E-state index in [1.807, 2.05) is 19.1 Å². The van der Waals surface area contributed by atoms with Gasteiger partial charge in [-0.2, -0.15) is 0 Å². The molecular formula is C14H16N2O3S. The molecule has 1 heterocycles. The highest BCUT2D eigenvalue weighted by molar-refractivity contribution is 7.89. The van der Waals surface area contributed by atoms with E-state index in [0.717, 1.165) is 11.3 Å². The molecule has 0 fully saturated rings. The van der Waals surface area contributed by atoms with Crippen LogP contribution in [0.4, 0.5) is 0 Å². The van der Waals surface area contributed by atoms with Crippen molar-refractivity contribution in [2.24, 2.45) is 0 Å². The summed E-state index contributed by atoms with van der Waals surface area (Å²) in [5.74, 6) is 0. The lowest BCUT2D eigenvalue weighted by molar-refractivity contribution is 0.282. The second-order valence-electron chi connectivity index (χ2n) is 4.43. The summed E-state index contributed by atoms with van der Waals surface area (Å²) in [6.45, 7) is 1.96. The summed E-state index contributed by atoms with van der Waals surface area (Å²) < 4.78 is 26.7. The molecule has 20 heavy (non-hydrogen) atoms. The normalized spacial score (nSPS) is 11.5. The Morgan fingerprint density at radius 3 is 2.30 bits per heavy atom. The number of rotatable bonds is 5. The van der Waals surface area contributed by atoms with E-state index in [0.29, 0.717) is 5.56 Å². The molecule has 0 bridgehead atoms. The lowest BCUT2D eigenvalue weighted by Crippen LogP contribution is -2.23. The number of nitrogens with zero attached hydrogens (tertiary/aromatic N) is 1. The molecule has 0 saturated heterocycles. The Kier molecular flexibility index (Phi) is 4.49. The number of aryl methyl sites for hydroxylation is 1. The molecule has 0 unspecified atom stereocenters. The second kappa shape index (κ2) is 6.13. The summed E-state index contributed by atoms with van der Waals surface area (Å²) in [6.07, 6.45) is 1.65. The van der Waals surface area contributed by atoms with Crippen molar-refractivity contribution in [2.75, 3.05) is 0 Å². The number of benzene rings is 1. The van der Waals surface area contributed by atoms with Gasteiger partial charge < -0.3 is 5.11 Å². The van der Waals surface area contributed by atoms with E-state index in [9.17, 15) is 8.42 Å². The summed E-state index contributed by atoms with van der Waals surface area (Å²) in [4.78, 5) is 4.29. The van der Waals surface area contributed by atoms with Crippen molar-refractivity contribution >= 4 is 10.0 Å². The number of aromatic nitrogens is 1. The average Bonchev–Trinajstić information content (AvgIpc) is 2.47. The minimum atomic E-state index is -3.55. The van der Waals surface area contributed by atoms with Crippen molar-refractivity contribution in [2.45, 2.75) is 25.0 Å². The number of aliphatic hydroxyl groups excluding tert-OH is 1. The van der Waals surface area contributed by atoms with Crippen molar-refractivity contribution in [3.63, 3.8) is 0 Å². The Bertz CT molecular complexity index is 665. The highest BCUT2D eigenvalue weighted by atomic mass is 32.2. The zero-order valence-corrected chi connectivity index (χ0v) is 11.9. The van der Waals surface area contributed by atoms with Gasteiger partial charge in [-0.15, -0.1) is 0 Å². The first-order valence-electron chi connectivity index (χ1n) is 6.12. The van der Waals surface area contributed by atoms with Crippen molar-refractivity contribution in [3.8, 4) is 0 Å². The minimum Gasteiger partial charge on any atom is -0.392 e. The third-order valence-electron chi connectivity index (χ3n) is 2.86. The summed E-state index contributed by atoms with van der Waals surface area (Å²) in [5.41, 5.74) is 2.36. The first-order valence-corrected chi connectivity index (χ1v) is 7.60. The van der Waals surface area contributed by atoms with E-state index in [4.69, 9.17) is 5.11 Å². The predicted molar refractivity (Wildman–Crippen MR) is 75.4 cm³/mol. The number of pyridine rings is 1. The summed E-state index contributed by atoms with van der Waals surface area (Å²) in [6, 6.07) is 9.78. The smallest absolute Gasteiger partial charge is 0.240 e. The maximum Gasteiger partial charge on any atom is 0.240 e. The van der Waals surface area contributed by atoms with Crippen LogP contribution in [0.25, 0.3) is 0 Å². The molecule has 1 aromatic carbocycles. The van der Waals surface area contributed by atoms with Gasteiger partial charge in [0.25, 0.3) is 0 Å². The molecule has 6 heteroatoms. The van der Waals surface area contributed by atoms with Gasteiger partial charge in [-0.25, -0.2) is 13.1 Å². The summed E-state index contributed by atoms with van der Waals surface area (Å²) in [5, 5.41) is 8.93. The fourth-order valence-corrected chi connectivity index (χ4v) is 2.66. The van der Waals surface area contributed by atoms with Gasteiger partial charge in [0.15, 0.2) is 0 Å². The zero-order chi connectivity index (χ0) is 14.6. The van der Waals surface area contributed by atoms with Gasteiger partial charge in [0.1, 0.15) is 0 Å². The number of aliphatic hydroxyl groups is 1. The lowest BCUT2D eigenvalue weighted by Gasteiger charge is -2.07. The van der Waals surface area contributed by atoms with Crippen LogP contribution < -0.4 is 4.72 Å². The Hall–Kier alpha value is -1.76. The van der Waals surface area contributed by atoms with Gasteiger partial charge in [-0.05, 0) is 36.2 Å². The van der Waals surface area contributed by atoms with Crippen LogP contribution in [0.3, 0.4) is 0 Å². The SMILES string of the molecule is Cc1ccc(CNS(=O)(=O)c2ccc(CO)cc2)cn1. The van der Waals surface area contributed by atoms with Crippen molar-refractivity contribution < 1.29 is 13.5 Å². The van der Waals surface area contributed by atoms with Crippen LogP contribution in [0.5, 0.6) is 0 Å². The molecule has 5 nitrogen and oxygen atoms in total. The largest absolute Gasteiger partial charge is 0.392 e. The topological polar surface area (TPSA) is 79.3 Å². The van der Waals surface area contributed by atoms with E-state index >= 15 is 0 Å². The van der Waals surface area contributed by atoms with Gasteiger partial charge in [0, 0.05) is 18.4 Å². The van der Waals surface area contributed by atoms with Gasteiger partial charge in [-0.1, -0.05) is 18.2 Å². The van der Waals surface area contributed by atoms with E-state index in [1.54, 1.807) is 18.3 Å². The molecule has 0 spiro atoms. The average molecular weight is 292 g/mol. The Morgan fingerprint density at radius 2 is 1.75 bits per heavy atom. The quantitative estimate of drug-likeness (QED) is 0.872. The Morgan fingerprint density at radius 1 is 1.10 bits per heavy atom. The number of nitrogens with one attached hydrogen (secondary N) is 1. The molecule has 2 N–H and O–H groups in total. The molecular weight excluding hydrogens is 276 g/mol. The van der Waals surface area contributed by atoms with Crippen LogP contribution in [0, 0.1) is 6.92 Å². The van der Waals surface area contributed by atoms with E-state index in [-0.39, 0.29) is 18.0 Å². The van der Waals surface area contributed by atoms with Gasteiger partial charge in [0.05, 0.1) is 11.5 Å². The second-order valence-corrected chi connectivity index (χ2v) is 6.20.